The molecule has 18 heavy (non-hydrogen) atoms. The monoisotopic (exact) mass is 247 g/mol. The van der Waals surface area contributed by atoms with Gasteiger partial charge >= 0.3 is 0 Å². The summed E-state index contributed by atoms with van der Waals surface area (Å²) < 4.78 is 0. The molecule has 1 unspecified atom stereocenters. The van der Waals surface area contributed by atoms with Crippen molar-refractivity contribution >= 4 is 0 Å². The first-order valence-electron chi connectivity index (χ1n) is 6.89. The van der Waals surface area contributed by atoms with Crippen LogP contribution in [-0.4, -0.2) is 42.5 Å². The minimum absolute atomic E-state index is 0.630. The van der Waals surface area contributed by atoms with Crippen molar-refractivity contribution in [3.05, 3.63) is 35.4 Å². The maximum atomic E-state index is 5.63. The summed E-state index contributed by atoms with van der Waals surface area (Å²) in [7, 11) is 2.22. The van der Waals surface area contributed by atoms with E-state index in [0.717, 1.165) is 6.54 Å². The predicted molar refractivity (Wildman–Crippen MR) is 76.3 cm³/mol. The lowest BCUT2D eigenvalue weighted by Crippen LogP contribution is -2.37. The van der Waals surface area contributed by atoms with E-state index in [2.05, 4.69) is 48.0 Å². The Bertz CT molecular complexity index is 361. The second-order valence-corrected chi connectivity index (χ2v) is 5.46. The molecule has 3 nitrogen and oxygen atoms in total. The van der Waals surface area contributed by atoms with Gasteiger partial charge < -0.3 is 10.6 Å². The molecule has 1 atom stereocenters. The lowest BCUT2D eigenvalue weighted by Gasteiger charge is -2.27. The zero-order valence-electron chi connectivity index (χ0n) is 11.6. The molecule has 0 spiro atoms. The van der Waals surface area contributed by atoms with E-state index in [1.165, 1.54) is 37.2 Å². The minimum Gasteiger partial charge on any atom is -0.326 e. The van der Waals surface area contributed by atoms with Crippen LogP contribution in [0.3, 0.4) is 0 Å². The summed E-state index contributed by atoms with van der Waals surface area (Å²) >= 11 is 0. The fourth-order valence-corrected chi connectivity index (χ4v) is 2.67. The molecule has 0 aliphatic carbocycles. The number of nitrogens with two attached hydrogens (primary N) is 1. The van der Waals surface area contributed by atoms with E-state index in [1.54, 1.807) is 0 Å². The van der Waals surface area contributed by atoms with Gasteiger partial charge in [-0.2, -0.15) is 0 Å². The maximum Gasteiger partial charge on any atom is 0.0237 e. The minimum atomic E-state index is 0.630. The Kier molecular flexibility index (Phi) is 4.75. The van der Waals surface area contributed by atoms with Gasteiger partial charge in [-0.15, -0.1) is 0 Å². The van der Waals surface area contributed by atoms with Crippen LogP contribution in [0.2, 0.25) is 0 Å². The van der Waals surface area contributed by atoms with Crippen LogP contribution in [0.4, 0.5) is 0 Å². The normalized spacial score (nSPS) is 22.9. The highest BCUT2D eigenvalue weighted by atomic mass is 15.2. The van der Waals surface area contributed by atoms with Gasteiger partial charge in [0.1, 0.15) is 0 Å². The van der Waals surface area contributed by atoms with E-state index in [0.29, 0.717) is 12.6 Å². The zero-order valence-corrected chi connectivity index (χ0v) is 11.6. The first-order valence-corrected chi connectivity index (χ1v) is 6.89. The summed E-state index contributed by atoms with van der Waals surface area (Å²) in [6.45, 7) is 7.60. The average Bonchev–Trinajstić information content (AvgIpc) is 2.52. The van der Waals surface area contributed by atoms with Crippen molar-refractivity contribution in [2.24, 2.45) is 5.73 Å². The summed E-state index contributed by atoms with van der Waals surface area (Å²) in [5.74, 6) is 0. The van der Waals surface area contributed by atoms with Gasteiger partial charge in [0.15, 0.2) is 0 Å². The van der Waals surface area contributed by atoms with E-state index < -0.39 is 0 Å². The van der Waals surface area contributed by atoms with Gasteiger partial charge in [-0.25, -0.2) is 0 Å². The Morgan fingerprint density at radius 3 is 2.50 bits per heavy atom. The van der Waals surface area contributed by atoms with Crippen molar-refractivity contribution in [2.45, 2.75) is 32.5 Å². The molecule has 0 amide bonds. The molecule has 1 aliphatic heterocycles. The van der Waals surface area contributed by atoms with Crippen molar-refractivity contribution in [3.8, 4) is 0 Å². The van der Waals surface area contributed by atoms with Crippen molar-refractivity contribution < 1.29 is 0 Å². The van der Waals surface area contributed by atoms with Crippen LogP contribution in [0, 0.1) is 0 Å². The van der Waals surface area contributed by atoms with Gasteiger partial charge in [-0.1, -0.05) is 24.3 Å². The molecule has 100 valence electrons. The molecule has 3 heteroatoms. The zero-order chi connectivity index (χ0) is 13.0. The highest BCUT2D eigenvalue weighted by Crippen LogP contribution is 2.13. The molecule has 1 aliphatic rings. The number of hydrogen-bond donors (Lipinski definition) is 1. The molecule has 1 aromatic rings. The summed E-state index contributed by atoms with van der Waals surface area (Å²) in [6.07, 6.45) is 1.27. The third-order valence-electron chi connectivity index (χ3n) is 3.83. The fraction of sp³-hybridized carbons (Fsp3) is 0.600. The van der Waals surface area contributed by atoms with Crippen LogP contribution in [0.5, 0.6) is 0 Å². The van der Waals surface area contributed by atoms with E-state index in [1.807, 2.05) is 0 Å². The molecule has 0 aromatic heterocycles. The second kappa shape index (κ2) is 6.32. The van der Waals surface area contributed by atoms with Crippen LogP contribution >= 0.6 is 0 Å². The van der Waals surface area contributed by atoms with E-state index in [9.17, 15) is 0 Å². The van der Waals surface area contributed by atoms with Crippen LogP contribution in [0.25, 0.3) is 0 Å². The standard InChI is InChI=1S/C15H25N3/c1-13-11-17(2)8-3-9-18(13)12-15-6-4-14(10-16)5-7-15/h4-7,13H,3,8-12,16H2,1-2H3. The third-order valence-corrected chi connectivity index (χ3v) is 3.83. The maximum absolute atomic E-state index is 5.63. The van der Waals surface area contributed by atoms with Crippen molar-refractivity contribution in [2.75, 3.05) is 26.7 Å². The molecule has 2 rings (SSSR count). The molecule has 1 fully saturated rings. The van der Waals surface area contributed by atoms with E-state index >= 15 is 0 Å². The first kappa shape index (κ1) is 13.5. The average molecular weight is 247 g/mol. The summed E-state index contributed by atoms with van der Waals surface area (Å²) in [4.78, 5) is 5.02. The van der Waals surface area contributed by atoms with Crippen molar-refractivity contribution in [1.29, 1.82) is 0 Å². The van der Waals surface area contributed by atoms with Crippen LogP contribution in [0.1, 0.15) is 24.5 Å². The molecule has 0 bridgehead atoms. The Balaban J connectivity index is 1.98. The van der Waals surface area contributed by atoms with Crippen molar-refractivity contribution in [1.82, 2.24) is 9.80 Å². The number of rotatable bonds is 3. The number of likely N-dealkylation sites (N-methyl/N-ethyl adjacent to an activating group) is 1. The largest absolute Gasteiger partial charge is 0.326 e. The lowest BCUT2D eigenvalue weighted by atomic mass is 10.1. The van der Waals surface area contributed by atoms with E-state index in [4.69, 9.17) is 5.73 Å². The van der Waals surface area contributed by atoms with Gasteiger partial charge in [0.25, 0.3) is 0 Å². The van der Waals surface area contributed by atoms with Crippen LogP contribution in [0.15, 0.2) is 24.3 Å². The van der Waals surface area contributed by atoms with Gasteiger partial charge in [-0.3, -0.25) is 4.90 Å². The number of hydrogen-bond acceptors (Lipinski definition) is 3. The molecule has 0 saturated carbocycles. The Hall–Kier alpha value is -0.900. The summed E-state index contributed by atoms with van der Waals surface area (Å²) in [6, 6.07) is 9.34. The smallest absolute Gasteiger partial charge is 0.0237 e. The van der Waals surface area contributed by atoms with Crippen LogP contribution < -0.4 is 5.73 Å². The number of benzene rings is 1. The Morgan fingerprint density at radius 2 is 1.83 bits per heavy atom. The summed E-state index contributed by atoms with van der Waals surface area (Å²) in [5, 5.41) is 0. The Morgan fingerprint density at radius 1 is 1.17 bits per heavy atom. The molecular weight excluding hydrogens is 222 g/mol. The lowest BCUT2D eigenvalue weighted by molar-refractivity contribution is 0.194. The molecular formula is C15H25N3. The van der Waals surface area contributed by atoms with Gasteiger partial charge in [0.2, 0.25) is 0 Å². The molecule has 1 aromatic carbocycles. The van der Waals surface area contributed by atoms with E-state index in [-0.39, 0.29) is 0 Å². The SMILES string of the molecule is CC1CN(C)CCCN1Cc1ccc(CN)cc1. The van der Waals surface area contributed by atoms with Gasteiger partial charge in [0.05, 0.1) is 0 Å². The second-order valence-electron chi connectivity index (χ2n) is 5.46. The highest BCUT2D eigenvalue weighted by molar-refractivity contribution is 5.22. The van der Waals surface area contributed by atoms with Gasteiger partial charge in [0, 0.05) is 32.2 Å². The third kappa shape index (κ3) is 3.55. The van der Waals surface area contributed by atoms with Crippen LogP contribution in [-0.2, 0) is 13.1 Å². The summed E-state index contributed by atoms with van der Waals surface area (Å²) in [5.41, 5.74) is 8.23. The molecule has 2 N–H and O–H groups in total. The molecule has 0 radical (unpaired) electrons. The molecule has 1 saturated heterocycles. The number of nitrogens with zero attached hydrogens (tertiary/aromatic N) is 2. The molecule has 1 heterocycles. The van der Waals surface area contributed by atoms with Crippen molar-refractivity contribution in [3.63, 3.8) is 0 Å². The quantitative estimate of drug-likeness (QED) is 0.882. The first-order chi connectivity index (χ1) is 8.69. The Labute approximate surface area is 111 Å². The predicted octanol–water partition coefficient (Wildman–Crippen LogP) is 1.67. The van der Waals surface area contributed by atoms with Gasteiger partial charge in [-0.05, 0) is 38.1 Å². The fourth-order valence-electron chi connectivity index (χ4n) is 2.67. The highest BCUT2D eigenvalue weighted by Gasteiger charge is 2.19. The topological polar surface area (TPSA) is 32.5 Å².